The molecular weight excluding hydrogens is 536 g/mol. The van der Waals surface area contributed by atoms with E-state index in [2.05, 4.69) is 26.6 Å². The van der Waals surface area contributed by atoms with Gasteiger partial charge in [0.15, 0.2) is 29.7 Å². The van der Waals surface area contributed by atoms with E-state index >= 15 is 0 Å². The maximum Gasteiger partial charge on any atom is 0.303 e. The van der Waals surface area contributed by atoms with Crippen LogP contribution in [-0.4, -0.2) is 66.2 Å². The lowest BCUT2D eigenvalue weighted by Gasteiger charge is -2.44. The molecule has 1 saturated heterocycles. The molecule has 0 radical (unpaired) electrons. The Morgan fingerprint density at radius 1 is 0.941 bits per heavy atom. The van der Waals surface area contributed by atoms with E-state index in [1.54, 1.807) is 18.2 Å². The Morgan fingerprint density at radius 2 is 1.53 bits per heavy atom. The Balaban J connectivity index is 2.36. The lowest BCUT2D eigenvalue weighted by Crippen LogP contribution is -2.66. The molecule has 1 fully saturated rings. The quantitative estimate of drug-likeness (QED) is 0.285. The minimum atomic E-state index is -1.29. The standard InChI is InChI=1S/C21H25BrN2O9S/c1-10(25)29-9-16-17(30-11(2)26)18(31-12(3)27)19(32-13(4)28)20(33-16)24-21(34)23-15-7-5-6-14(22)8-15/h5-8,16-20H,9H2,1-4H3,(H2,23,24,34)/t16-,17-,18-,19-,20+/m0/s1. The van der Waals surface area contributed by atoms with Crippen molar-refractivity contribution in [2.45, 2.75) is 58.3 Å². The van der Waals surface area contributed by atoms with Crippen molar-refractivity contribution in [2.24, 2.45) is 0 Å². The van der Waals surface area contributed by atoms with Crippen molar-refractivity contribution in [3.8, 4) is 0 Å². The fraction of sp³-hybridized carbons (Fsp3) is 0.476. The number of hydrogen-bond donors (Lipinski definition) is 2. The topological polar surface area (TPSA) is 138 Å². The van der Waals surface area contributed by atoms with E-state index < -0.39 is 54.5 Å². The van der Waals surface area contributed by atoms with Gasteiger partial charge in [-0.3, -0.25) is 19.2 Å². The molecule has 0 aromatic heterocycles. The molecule has 0 amide bonds. The number of ether oxygens (including phenoxy) is 5. The SMILES string of the molecule is CC(=O)OC[C@@H]1O[C@@H](NC(=S)Nc2cccc(Br)c2)[C@@H](OC(C)=O)[C@@H](OC(C)=O)[C@H]1OC(C)=O. The first-order valence-electron chi connectivity index (χ1n) is 10.1. The smallest absolute Gasteiger partial charge is 0.303 e. The highest BCUT2D eigenvalue weighted by atomic mass is 79.9. The fourth-order valence-electron chi connectivity index (χ4n) is 3.21. The molecule has 1 aromatic carbocycles. The maximum atomic E-state index is 11.9. The third kappa shape index (κ3) is 8.54. The van der Waals surface area contributed by atoms with Crippen LogP contribution in [0.15, 0.2) is 28.7 Å². The summed E-state index contributed by atoms with van der Waals surface area (Å²) in [6, 6.07) is 7.18. The summed E-state index contributed by atoms with van der Waals surface area (Å²) >= 11 is 8.72. The zero-order valence-electron chi connectivity index (χ0n) is 18.9. The molecule has 11 nitrogen and oxygen atoms in total. The zero-order chi connectivity index (χ0) is 25.4. The van der Waals surface area contributed by atoms with Crippen molar-refractivity contribution >= 4 is 62.8 Å². The summed E-state index contributed by atoms with van der Waals surface area (Å²) in [5.41, 5.74) is 0.650. The average molecular weight is 561 g/mol. The lowest BCUT2D eigenvalue weighted by molar-refractivity contribution is -0.254. The Labute approximate surface area is 209 Å². The summed E-state index contributed by atoms with van der Waals surface area (Å²) in [6.07, 6.45) is -6.02. The molecule has 186 valence electrons. The number of esters is 4. The molecule has 0 saturated carbocycles. The second-order valence-electron chi connectivity index (χ2n) is 7.23. The van der Waals surface area contributed by atoms with Crippen LogP contribution in [0.3, 0.4) is 0 Å². The number of thiocarbonyl (C=S) groups is 1. The summed E-state index contributed by atoms with van der Waals surface area (Å²) < 4.78 is 27.9. The van der Waals surface area contributed by atoms with Crippen molar-refractivity contribution < 1.29 is 42.9 Å². The van der Waals surface area contributed by atoms with Gasteiger partial charge in [0.1, 0.15) is 12.7 Å². The third-order valence-electron chi connectivity index (χ3n) is 4.35. The molecule has 13 heteroatoms. The highest BCUT2D eigenvalue weighted by Crippen LogP contribution is 2.28. The molecule has 5 atom stereocenters. The van der Waals surface area contributed by atoms with Crippen LogP contribution in [0.4, 0.5) is 5.69 Å². The highest BCUT2D eigenvalue weighted by molar-refractivity contribution is 9.10. The van der Waals surface area contributed by atoms with Gasteiger partial charge in [-0.15, -0.1) is 0 Å². The maximum absolute atomic E-state index is 11.9. The molecule has 0 spiro atoms. The predicted octanol–water partition coefficient (Wildman–Crippen LogP) is 1.82. The van der Waals surface area contributed by atoms with E-state index in [-0.39, 0.29) is 11.7 Å². The number of carbonyl (C=O) groups excluding carboxylic acids is 4. The number of benzene rings is 1. The zero-order valence-corrected chi connectivity index (χ0v) is 21.3. The number of hydrogen-bond acceptors (Lipinski definition) is 10. The summed E-state index contributed by atoms with van der Waals surface area (Å²) in [5.74, 6) is -2.74. The number of halogens is 1. The van der Waals surface area contributed by atoms with E-state index in [4.69, 9.17) is 35.9 Å². The number of nitrogens with one attached hydrogen (secondary N) is 2. The molecule has 1 aliphatic heterocycles. The van der Waals surface area contributed by atoms with Gasteiger partial charge in [-0.25, -0.2) is 0 Å². The minimum absolute atomic E-state index is 0.0963. The Kier molecular flexibility index (Phi) is 10.2. The van der Waals surface area contributed by atoms with Crippen LogP contribution in [0.25, 0.3) is 0 Å². The van der Waals surface area contributed by atoms with E-state index in [1.165, 1.54) is 6.92 Å². The van der Waals surface area contributed by atoms with E-state index in [0.717, 1.165) is 25.2 Å². The van der Waals surface area contributed by atoms with Crippen LogP contribution in [0, 0.1) is 0 Å². The van der Waals surface area contributed by atoms with Gasteiger partial charge in [-0.2, -0.15) is 0 Å². The van der Waals surface area contributed by atoms with Crippen molar-refractivity contribution in [2.75, 3.05) is 11.9 Å². The summed E-state index contributed by atoms with van der Waals surface area (Å²) in [5, 5.41) is 5.93. The lowest BCUT2D eigenvalue weighted by atomic mass is 9.97. The van der Waals surface area contributed by atoms with Crippen LogP contribution >= 0.6 is 28.1 Å². The second kappa shape index (κ2) is 12.6. The fourth-order valence-corrected chi connectivity index (χ4v) is 3.84. The molecule has 34 heavy (non-hydrogen) atoms. The number of rotatable bonds is 7. The Hall–Kier alpha value is -2.77. The Bertz CT molecular complexity index is 945. The van der Waals surface area contributed by atoms with Gasteiger partial charge in [-0.05, 0) is 30.4 Å². The summed E-state index contributed by atoms with van der Waals surface area (Å²) in [7, 11) is 0. The molecule has 1 heterocycles. The predicted molar refractivity (Wildman–Crippen MR) is 125 cm³/mol. The number of carbonyl (C=O) groups is 4. The molecule has 2 rings (SSSR count). The van der Waals surface area contributed by atoms with Crippen LogP contribution in [0.5, 0.6) is 0 Å². The molecule has 2 N–H and O–H groups in total. The van der Waals surface area contributed by atoms with E-state index in [1.807, 2.05) is 6.07 Å². The van der Waals surface area contributed by atoms with Gasteiger partial charge < -0.3 is 34.3 Å². The van der Waals surface area contributed by atoms with E-state index in [9.17, 15) is 19.2 Å². The second-order valence-corrected chi connectivity index (χ2v) is 8.55. The van der Waals surface area contributed by atoms with Gasteiger partial charge in [0, 0.05) is 37.9 Å². The van der Waals surface area contributed by atoms with Gasteiger partial charge >= 0.3 is 23.9 Å². The molecule has 0 unspecified atom stereocenters. The van der Waals surface area contributed by atoms with E-state index in [0.29, 0.717) is 5.69 Å². The van der Waals surface area contributed by atoms with Crippen LogP contribution < -0.4 is 10.6 Å². The average Bonchev–Trinajstić information content (AvgIpc) is 2.70. The van der Waals surface area contributed by atoms with Gasteiger partial charge in [0.05, 0.1) is 0 Å². The van der Waals surface area contributed by atoms with Crippen LogP contribution in [0.2, 0.25) is 0 Å². The van der Waals surface area contributed by atoms with Crippen LogP contribution in [-0.2, 0) is 42.9 Å². The van der Waals surface area contributed by atoms with Gasteiger partial charge in [0.2, 0.25) is 0 Å². The summed E-state index contributed by atoms with van der Waals surface area (Å²) in [6.45, 7) is 4.32. The van der Waals surface area contributed by atoms with Crippen molar-refractivity contribution in [3.63, 3.8) is 0 Å². The minimum Gasteiger partial charge on any atom is -0.463 e. The van der Waals surface area contributed by atoms with Crippen LogP contribution in [0.1, 0.15) is 27.7 Å². The molecule has 1 aliphatic rings. The first kappa shape index (κ1) is 27.5. The normalized spacial score (nSPS) is 23.7. The molecule has 0 aliphatic carbocycles. The van der Waals surface area contributed by atoms with Crippen molar-refractivity contribution in [3.05, 3.63) is 28.7 Å². The van der Waals surface area contributed by atoms with Gasteiger partial charge in [0.25, 0.3) is 0 Å². The molecule has 0 bridgehead atoms. The first-order valence-corrected chi connectivity index (χ1v) is 11.3. The molecule has 1 aromatic rings. The summed E-state index contributed by atoms with van der Waals surface area (Å²) in [4.78, 5) is 46.9. The van der Waals surface area contributed by atoms with Crippen molar-refractivity contribution in [1.82, 2.24) is 5.32 Å². The highest BCUT2D eigenvalue weighted by Gasteiger charge is 2.52. The third-order valence-corrected chi connectivity index (χ3v) is 5.06. The first-order chi connectivity index (χ1) is 16.0. The number of anilines is 1. The largest absolute Gasteiger partial charge is 0.463 e. The van der Waals surface area contributed by atoms with Gasteiger partial charge in [-0.1, -0.05) is 22.0 Å². The Morgan fingerprint density at radius 3 is 2.09 bits per heavy atom. The molecular formula is C21H25BrN2O9S. The van der Waals surface area contributed by atoms with Crippen molar-refractivity contribution in [1.29, 1.82) is 0 Å². The monoisotopic (exact) mass is 560 g/mol.